The van der Waals surface area contributed by atoms with Crippen LogP contribution in [0.25, 0.3) is 0 Å². The second-order valence-corrected chi connectivity index (χ2v) is 6.04. The number of guanidine groups is 1. The number of amides is 1. The first-order valence-corrected chi connectivity index (χ1v) is 8.15. The minimum absolute atomic E-state index is 0.00651. The lowest BCUT2D eigenvalue weighted by atomic mass is 10.2. The van der Waals surface area contributed by atoms with Crippen LogP contribution in [0.1, 0.15) is 0 Å². The molecule has 3 rings (SSSR count). The van der Waals surface area contributed by atoms with Gasteiger partial charge in [0.25, 0.3) is 5.91 Å². The van der Waals surface area contributed by atoms with Crippen molar-refractivity contribution in [2.45, 2.75) is 6.18 Å². The molecule has 0 aromatic heterocycles. The molecule has 0 N–H and O–H groups in total. The van der Waals surface area contributed by atoms with Crippen molar-refractivity contribution in [1.82, 2.24) is 4.90 Å². The first-order valence-electron chi connectivity index (χ1n) is 7.77. The van der Waals surface area contributed by atoms with E-state index in [1.807, 2.05) is 0 Å². The number of alkyl halides is 3. The Morgan fingerprint density at radius 3 is 2.71 bits per heavy atom. The maximum Gasteiger partial charge on any atom is 0.431 e. The number of aliphatic imine (C=N–C) groups is 1. The number of hydrogen-bond acceptors (Lipinski definition) is 6. The van der Waals surface area contributed by atoms with Gasteiger partial charge in [-0.1, -0.05) is 11.6 Å². The molecule has 7 nitrogen and oxygen atoms in total. The Hall–Kier alpha value is -2.82. The minimum atomic E-state index is -4.78. The van der Waals surface area contributed by atoms with Crippen LogP contribution in [-0.4, -0.2) is 55.7 Å². The van der Waals surface area contributed by atoms with E-state index in [4.69, 9.17) is 16.3 Å². The topological polar surface area (TPSA) is 71.4 Å². The highest BCUT2D eigenvalue weighted by Crippen LogP contribution is 2.38. The molecule has 2 aliphatic heterocycles. The lowest BCUT2D eigenvalue weighted by Gasteiger charge is -2.35. The number of carbonyl (C=O) groups excluding carboxylic acids is 2. The molecular formula is C16H12ClF4N3O4. The van der Waals surface area contributed by atoms with E-state index in [1.165, 1.54) is 0 Å². The Morgan fingerprint density at radius 1 is 1.36 bits per heavy atom. The molecule has 0 radical (unpaired) electrons. The van der Waals surface area contributed by atoms with E-state index in [2.05, 4.69) is 9.73 Å². The molecule has 12 heteroatoms. The van der Waals surface area contributed by atoms with Crippen LogP contribution in [0.2, 0.25) is 5.02 Å². The predicted molar refractivity (Wildman–Crippen MR) is 89.6 cm³/mol. The van der Waals surface area contributed by atoms with E-state index in [0.717, 1.165) is 24.1 Å². The lowest BCUT2D eigenvalue weighted by molar-refractivity contribution is -0.142. The smallest absolute Gasteiger partial charge is 0.431 e. The molecule has 150 valence electrons. The van der Waals surface area contributed by atoms with Crippen LogP contribution in [0.5, 0.6) is 5.75 Å². The number of methoxy groups -OCH3 is 1. The Balaban J connectivity index is 2.02. The zero-order valence-corrected chi connectivity index (χ0v) is 15.0. The fraction of sp³-hybridized carbons (Fsp3) is 0.312. The monoisotopic (exact) mass is 421 g/mol. The van der Waals surface area contributed by atoms with Crippen LogP contribution < -0.4 is 9.64 Å². The molecule has 0 saturated heterocycles. The van der Waals surface area contributed by atoms with Gasteiger partial charge in [0.15, 0.2) is 6.61 Å². The normalized spacial score (nSPS) is 16.6. The van der Waals surface area contributed by atoms with Crippen LogP contribution in [0.15, 0.2) is 28.9 Å². The summed E-state index contributed by atoms with van der Waals surface area (Å²) in [6.45, 7) is -0.667. The van der Waals surface area contributed by atoms with Gasteiger partial charge in [-0.05, 0) is 6.07 Å². The molecule has 28 heavy (non-hydrogen) atoms. The first kappa shape index (κ1) is 19.9. The minimum Gasteiger partial charge on any atom is -0.480 e. The van der Waals surface area contributed by atoms with Gasteiger partial charge in [0.2, 0.25) is 5.96 Å². The molecule has 0 aliphatic carbocycles. The van der Waals surface area contributed by atoms with E-state index in [-0.39, 0.29) is 29.8 Å². The number of ether oxygens (including phenoxy) is 2. The SMILES string of the molecule is COC(=O)COc1cc(N2C(=O)C=C(C(F)(F)F)N3CCN=C32)c(F)cc1Cl. The van der Waals surface area contributed by atoms with Crippen LogP contribution in [0.4, 0.5) is 23.2 Å². The van der Waals surface area contributed by atoms with Gasteiger partial charge in [0.1, 0.15) is 17.3 Å². The number of fused-ring (bicyclic) bond motifs is 1. The predicted octanol–water partition coefficient (Wildman–Crippen LogP) is 2.50. The zero-order chi connectivity index (χ0) is 20.6. The van der Waals surface area contributed by atoms with E-state index in [9.17, 15) is 27.2 Å². The third kappa shape index (κ3) is 3.61. The van der Waals surface area contributed by atoms with Gasteiger partial charge >= 0.3 is 12.1 Å². The molecule has 0 atom stereocenters. The van der Waals surface area contributed by atoms with E-state index >= 15 is 0 Å². The van der Waals surface area contributed by atoms with Gasteiger partial charge in [-0.15, -0.1) is 0 Å². The number of allylic oxidation sites excluding steroid dienone is 1. The third-order valence-electron chi connectivity index (χ3n) is 3.90. The summed E-state index contributed by atoms with van der Waals surface area (Å²) in [5, 5.41) is -0.202. The molecule has 0 bridgehead atoms. The quantitative estimate of drug-likeness (QED) is 0.552. The molecule has 1 aromatic carbocycles. The number of nitrogens with zero attached hydrogens (tertiary/aromatic N) is 3. The summed E-state index contributed by atoms with van der Waals surface area (Å²) in [6, 6.07) is 1.82. The fourth-order valence-electron chi connectivity index (χ4n) is 2.67. The molecule has 0 saturated carbocycles. The summed E-state index contributed by atoms with van der Waals surface area (Å²) in [5.41, 5.74) is -1.60. The van der Waals surface area contributed by atoms with Gasteiger partial charge in [-0.3, -0.25) is 9.79 Å². The number of esters is 1. The van der Waals surface area contributed by atoms with Crippen molar-refractivity contribution in [2.75, 3.05) is 31.7 Å². The van der Waals surface area contributed by atoms with Crippen molar-refractivity contribution < 1.29 is 36.6 Å². The maximum atomic E-state index is 14.5. The lowest BCUT2D eigenvalue weighted by Crippen LogP contribution is -2.51. The number of hydrogen-bond donors (Lipinski definition) is 0. The number of anilines is 1. The van der Waals surface area contributed by atoms with Crippen molar-refractivity contribution in [2.24, 2.45) is 4.99 Å². The highest BCUT2D eigenvalue weighted by atomic mass is 35.5. The van der Waals surface area contributed by atoms with Crippen molar-refractivity contribution >= 4 is 35.1 Å². The second-order valence-electron chi connectivity index (χ2n) is 5.63. The molecule has 2 heterocycles. The summed E-state index contributed by atoms with van der Waals surface area (Å²) < 4.78 is 63.6. The molecule has 2 aliphatic rings. The second kappa shape index (κ2) is 7.30. The summed E-state index contributed by atoms with van der Waals surface area (Å²) in [7, 11) is 1.13. The van der Waals surface area contributed by atoms with Crippen LogP contribution in [0, 0.1) is 5.82 Å². The summed E-state index contributed by atoms with van der Waals surface area (Å²) in [6.07, 6.45) is -4.41. The van der Waals surface area contributed by atoms with Gasteiger partial charge in [-0.25, -0.2) is 14.1 Å². The third-order valence-corrected chi connectivity index (χ3v) is 4.19. The van der Waals surface area contributed by atoms with Crippen LogP contribution in [0.3, 0.4) is 0 Å². The van der Waals surface area contributed by atoms with Gasteiger partial charge in [0.05, 0.1) is 24.4 Å². The highest BCUT2D eigenvalue weighted by Gasteiger charge is 2.47. The van der Waals surface area contributed by atoms with Gasteiger partial charge in [-0.2, -0.15) is 13.2 Å². The number of rotatable bonds is 4. The largest absolute Gasteiger partial charge is 0.480 e. The number of benzene rings is 1. The number of carbonyl (C=O) groups is 2. The Morgan fingerprint density at radius 2 is 2.07 bits per heavy atom. The van der Waals surface area contributed by atoms with E-state index < -0.39 is 41.9 Å². The summed E-state index contributed by atoms with van der Waals surface area (Å²) in [5.74, 6) is -3.38. The Bertz CT molecular complexity index is 901. The molecule has 1 aromatic rings. The zero-order valence-electron chi connectivity index (χ0n) is 14.2. The molecule has 0 fully saturated rings. The first-order chi connectivity index (χ1) is 13.1. The summed E-state index contributed by atoms with van der Waals surface area (Å²) in [4.78, 5) is 29.0. The van der Waals surface area contributed by atoms with E-state index in [1.54, 1.807) is 0 Å². The van der Waals surface area contributed by atoms with Crippen molar-refractivity contribution in [3.05, 3.63) is 34.7 Å². The van der Waals surface area contributed by atoms with E-state index in [0.29, 0.717) is 11.0 Å². The Labute approximate surface area is 160 Å². The molecule has 0 spiro atoms. The standard InChI is InChI=1S/C16H12ClF4N3O4/c1-27-14(26)7-28-11-5-10(9(18)4-8(11)17)24-13(25)6-12(16(19,20)21)23-3-2-22-15(23)24/h4-6H,2-3,7H2,1H3. The molecule has 1 amide bonds. The maximum absolute atomic E-state index is 14.5. The molecule has 0 unspecified atom stereocenters. The molecular weight excluding hydrogens is 410 g/mol. The average molecular weight is 422 g/mol. The number of halogens is 5. The Kier molecular flexibility index (Phi) is 5.20. The van der Waals surface area contributed by atoms with Gasteiger partial charge < -0.3 is 14.4 Å². The van der Waals surface area contributed by atoms with Crippen LogP contribution >= 0.6 is 11.6 Å². The van der Waals surface area contributed by atoms with Crippen molar-refractivity contribution in [3.8, 4) is 5.75 Å². The average Bonchev–Trinajstić information content (AvgIpc) is 3.09. The van der Waals surface area contributed by atoms with Crippen LogP contribution in [-0.2, 0) is 14.3 Å². The van der Waals surface area contributed by atoms with Crippen molar-refractivity contribution in [1.29, 1.82) is 0 Å². The summed E-state index contributed by atoms with van der Waals surface area (Å²) >= 11 is 5.88. The highest BCUT2D eigenvalue weighted by molar-refractivity contribution is 6.32. The van der Waals surface area contributed by atoms with Crippen molar-refractivity contribution in [3.63, 3.8) is 0 Å². The van der Waals surface area contributed by atoms with Gasteiger partial charge in [0, 0.05) is 18.7 Å². The fourth-order valence-corrected chi connectivity index (χ4v) is 2.88.